The third-order valence-electron chi connectivity index (χ3n) is 2.60. The van der Waals surface area contributed by atoms with Crippen LogP contribution in [0.4, 0.5) is 6.01 Å². The molecule has 0 spiro atoms. The van der Waals surface area contributed by atoms with E-state index in [-0.39, 0.29) is 11.7 Å². The number of rotatable bonds is 5. The molecule has 0 saturated carbocycles. The van der Waals surface area contributed by atoms with Crippen LogP contribution < -0.4 is 5.32 Å². The average Bonchev–Trinajstić information content (AvgIpc) is 2.86. The Bertz CT molecular complexity index is 531. The molecule has 1 aromatic carbocycles. The molecule has 0 unspecified atom stereocenters. The van der Waals surface area contributed by atoms with Crippen LogP contribution >= 0.6 is 0 Å². The highest BCUT2D eigenvalue weighted by molar-refractivity contribution is 5.85. The van der Waals surface area contributed by atoms with Crippen molar-refractivity contribution in [2.24, 2.45) is 0 Å². The monoisotopic (exact) mass is 246 g/mol. The number of carboxylic acids is 1. The number of aryl methyl sites for hydroxylation is 1. The van der Waals surface area contributed by atoms with Gasteiger partial charge >= 0.3 is 5.97 Å². The first-order chi connectivity index (χ1) is 8.69. The predicted octanol–water partition coefficient (Wildman–Crippen LogP) is 2.55. The normalized spacial score (nSPS) is 10.3. The van der Waals surface area contributed by atoms with Crippen molar-refractivity contribution in [2.45, 2.75) is 19.9 Å². The van der Waals surface area contributed by atoms with Crippen LogP contribution in [0.15, 0.2) is 34.9 Å². The summed E-state index contributed by atoms with van der Waals surface area (Å²) < 4.78 is 4.99. The molecule has 1 aromatic heterocycles. The molecule has 2 rings (SSSR count). The van der Waals surface area contributed by atoms with Gasteiger partial charge in [-0.05, 0) is 17.5 Å². The standard InChI is InChI=1S/C13H14N2O3/c1-2-9-3-5-10(6-4-9)7-14-13-15-11(8-18-13)12(16)17/h3-6,8H,2,7H2,1H3,(H,14,15)(H,16,17). The summed E-state index contributed by atoms with van der Waals surface area (Å²) >= 11 is 0. The largest absolute Gasteiger partial charge is 0.476 e. The lowest BCUT2D eigenvalue weighted by molar-refractivity contribution is 0.0690. The molecule has 0 aliphatic rings. The zero-order valence-electron chi connectivity index (χ0n) is 10.0. The van der Waals surface area contributed by atoms with Crippen molar-refractivity contribution in [1.82, 2.24) is 4.98 Å². The molecule has 0 saturated heterocycles. The first-order valence-electron chi connectivity index (χ1n) is 5.69. The topological polar surface area (TPSA) is 75.4 Å². The van der Waals surface area contributed by atoms with Crippen LogP contribution in [0.1, 0.15) is 28.5 Å². The predicted molar refractivity (Wildman–Crippen MR) is 66.6 cm³/mol. The van der Waals surface area contributed by atoms with Gasteiger partial charge in [0, 0.05) is 6.54 Å². The van der Waals surface area contributed by atoms with Crippen LogP contribution in [0, 0.1) is 0 Å². The summed E-state index contributed by atoms with van der Waals surface area (Å²) in [5.74, 6) is -1.10. The van der Waals surface area contributed by atoms with Crippen molar-refractivity contribution >= 4 is 12.0 Å². The number of carboxylic acid groups (broad SMARTS) is 1. The van der Waals surface area contributed by atoms with Gasteiger partial charge in [0.05, 0.1) is 0 Å². The third-order valence-corrected chi connectivity index (χ3v) is 2.60. The summed E-state index contributed by atoms with van der Waals surface area (Å²) in [6, 6.07) is 8.39. The van der Waals surface area contributed by atoms with E-state index in [4.69, 9.17) is 9.52 Å². The SMILES string of the molecule is CCc1ccc(CNc2nc(C(=O)O)co2)cc1. The summed E-state index contributed by atoms with van der Waals surface area (Å²) in [6.45, 7) is 2.65. The zero-order chi connectivity index (χ0) is 13.0. The third kappa shape index (κ3) is 2.88. The number of nitrogens with zero attached hydrogens (tertiary/aromatic N) is 1. The van der Waals surface area contributed by atoms with E-state index in [1.165, 1.54) is 5.56 Å². The number of oxazole rings is 1. The van der Waals surface area contributed by atoms with E-state index in [0.717, 1.165) is 18.2 Å². The maximum Gasteiger partial charge on any atom is 0.357 e. The molecule has 0 fully saturated rings. The number of aromatic carboxylic acids is 1. The quantitative estimate of drug-likeness (QED) is 0.847. The van der Waals surface area contributed by atoms with Gasteiger partial charge in [0.2, 0.25) is 0 Å². The molecule has 0 bridgehead atoms. The Morgan fingerprint density at radius 1 is 1.33 bits per heavy atom. The lowest BCUT2D eigenvalue weighted by Crippen LogP contribution is -2.01. The molecule has 94 valence electrons. The molecule has 0 aliphatic carbocycles. The minimum atomic E-state index is -1.10. The second-order valence-electron chi connectivity index (χ2n) is 3.87. The van der Waals surface area contributed by atoms with Crippen LogP contribution in [-0.2, 0) is 13.0 Å². The van der Waals surface area contributed by atoms with E-state index in [0.29, 0.717) is 6.54 Å². The Labute approximate surface area is 104 Å². The molecule has 0 atom stereocenters. The van der Waals surface area contributed by atoms with Crippen LogP contribution in [0.3, 0.4) is 0 Å². The summed E-state index contributed by atoms with van der Waals surface area (Å²) in [4.78, 5) is 14.4. The van der Waals surface area contributed by atoms with E-state index in [2.05, 4.69) is 29.4 Å². The van der Waals surface area contributed by atoms with E-state index in [9.17, 15) is 4.79 Å². The van der Waals surface area contributed by atoms with Crippen molar-refractivity contribution in [3.05, 3.63) is 47.3 Å². The molecular formula is C13H14N2O3. The van der Waals surface area contributed by atoms with Gasteiger partial charge in [-0.3, -0.25) is 0 Å². The highest BCUT2D eigenvalue weighted by Crippen LogP contribution is 2.10. The highest BCUT2D eigenvalue weighted by atomic mass is 16.4. The number of benzene rings is 1. The molecule has 5 nitrogen and oxygen atoms in total. The van der Waals surface area contributed by atoms with E-state index >= 15 is 0 Å². The number of hydrogen-bond acceptors (Lipinski definition) is 4. The van der Waals surface area contributed by atoms with Gasteiger partial charge in [0.1, 0.15) is 6.26 Å². The van der Waals surface area contributed by atoms with Crippen molar-refractivity contribution in [3.8, 4) is 0 Å². The van der Waals surface area contributed by atoms with Crippen molar-refractivity contribution in [1.29, 1.82) is 0 Å². The Balaban J connectivity index is 1.95. The average molecular weight is 246 g/mol. The van der Waals surface area contributed by atoms with Crippen molar-refractivity contribution in [2.75, 3.05) is 5.32 Å². The molecule has 2 N–H and O–H groups in total. The van der Waals surface area contributed by atoms with Crippen LogP contribution in [0.2, 0.25) is 0 Å². The van der Waals surface area contributed by atoms with Gasteiger partial charge < -0.3 is 14.8 Å². The second-order valence-corrected chi connectivity index (χ2v) is 3.87. The van der Waals surface area contributed by atoms with Gasteiger partial charge in [-0.15, -0.1) is 0 Å². The molecule has 2 aromatic rings. The van der Waals surface area contributed by atoms with E-state index in [1.54, 1.807) is 0 Å². The van der Waals surface area contributed by atoms with Gasteiger partial charge in [0.15, 0.2) is 5.69 Å². The molecular weight excluding hydrogens is 232 g/mol. The number of anilines is 1. The highest BCUT2D eigenvalue weighted by Gasteiger charge is 2.09. The maximum absolute atomic E-state index is 10.6. The Kier molecular flexibility index (Phi) is 3.62. The number of carbonyl (C=O) groups is 1. The van der Waals surface area contributed by atoms with Gasteiger partial charge in [-0.25, -0.2) is 4.79 Å². The van der Waals surface area contributed by atoms with E-state index in [1.807, 2.05) is 12.1 Å². The first kappa shape index (κ1) is 12.2. The first-order valence-corrected chi connectivity index (χ1v) is 5.69. The van der Waals surface area contributed by atoms with Crippen molar-refractivity contribution in [3.63, 3.8) is 0 Å². The van der Waals surface area contributed by atoms with Gasteiger partial charge in [-0.1, -0.05) is 31.2 Å². The van der Waals surface area contributed by atoms with Crippen LogP contribution in [-0.4, -0.2) is 16.1 Å². The minimum absolute atomic E-state index is 0.0983. The van der Waals surface area contributed by atoms with E-state index < -0.39 is 5.97 Å². The fourth-order valence-corrected chi connectivity index (χ4v) is 1.52. The Morgan fingerprint density at radius 2 is 2.00 bits per heavy atom. The second kappa shape index (κ2) is 5.35. The molecule has 1 heterocycles. The fraction of sp³-hybridized carbons (Fsp3) is 0.231. The smallest absolute Gasteiger partial charge is 0.357 e. The fourth-order valence-electron chi connectivity index (χ4n) is 1.52. The number of hydrogen-bond donors (Lipinski definition) is 2. The van der Waals surface area contributed by atoms with Crippen molar-refractivity contribution < 1.29 is 14.3 Å². The molecule has 5 heteroatoms. The Morgan fingerprint density at radius 3 is 2.56 bits per heavy atom. The zero-order valence-corrected chi connectivity index (χ0v) is 10.0. The molecule has 0 aliphatic heterocycles. The molecule has 0 amide bonds. The van der Waals surface area contributed by atoms with Gasteiger partial charge in [-0.2, -0.15) is 4.98 Å². The number of aromatic nitrogens is 1. The van der Waals surface area contributed by atoms with Gasteiger partial charge in [0.25, 0.3) is 6.01 Å². The minimum Gasteiger partial charge on any atom is -0.476 e. The summed E-state index contributed by atoms with van der Waals surface area (Å²) in [6.07, 6.45) is 2.13. The Hall–Kier alpha value is -2.30. The summed E-state index contributed by atoms with van der Waals surface area (Å²) in [5.41, 5.74) is 2.27. The number of nitrogens with one attached hydrogen (secondary N) is 1. The molecule has 0 radical (unpaired) electrons. The maximum atomic E-state index is 10.6. The van der Waals surface area contributed by atoms with Crippen LogP contribution in [0.5, 0.6) is 0 Å². The summed E-state index contributed by atoms with van der Waals surface area (Å²) in [7, 11) is 0. The lowest BCUT2D eigenvalue weighted by atomic mass is 10.1. The lowest BCUT2D eigenvalue weighted by Gasteiger charge is -2.03. The summed E-state index contributed by atoms with van der Waals surface area (Å²) in [5, 5.41) is 11.6. The molecule has 18 heavy (non-hydrogen) atoms. The van der Waals surface area contributed by atoms with Crippen LogP contribution in [0.25, 0.3) is 0 Å².